The monoisotopic (exact) mass is 127 g/mol. The lowest BCUT2D eigenvalue weighted by Crippen LogP contribution is -1.80. The van der Waals surface area contributed by atoms with Gasteiger partial charge in [0.05, 0.1) is 17.4 Å². The number of hydrogen-bond acceptors (Lipinski definition) is 4. The van der Waals surface area contributed by atoms with Gasteiger partial charge < -0.3 is 5.41 Å². The van der Waals surface area contributed by atoms with Gasteiger partial charge >= 0.3 is 0 Å². The first-order valence-corrected chi connectivity index (χ1v) is 2.87. The van der Waals surface area contributed by atoms with Crippen molar-refractivity contribution in [3.05, 3.63) is 11.4 Å². The first kappa shape index (κ1) is 5.37. The Bertz CT molecular complexity index is 193. The molecule has 1 rings (SSSR count). The molecule has 0 aromatic carbocycles. The Balaban J connectivity index is 3.09. The molecule has 4 heteroatoms. The van der Waals surface area contributed by atoms with E-state index in [1.54, 1.807) is 0 Å². The summed E-state index contributed by atoms with van der Waals surface area (Å²) in [7, 11) is 0. The number of aryl methyl sites for hydroxylation is 1. The molecule has 0 atom stereocenters. The number of nitrogens with one attached hydrogen (secondary N) is 1. The van der Waals surface area contributed by atoms with E-state index in [4.69, 9.17) is 5.41 Å². The second-order valence-electron chi connectivity index (χ2n) is 1.38. The van der Waals surface area contributed by atoms with E-state index in [1.165, 1.54) is 6.21 Å². The number of rotatable bonds is 1. The minimum absolute atomic E-state index is 0.676. The van der Waals surface area contributed by atoms with Gasteiger partial charge in [0.15, 0.2) is 0 Å². The lowest BCUT2D eigenvalue weighted by Gasteiger charge is -1.76. The molecule has 0 unspecified atom stereocenters. The van der Waals surface area contributed by atoms with Crippen LogP contribution in [0.2, 0.25) is 0 Å². The van der Waals surface area contributed by atoms with Crippen LogP contribution in [0.3, 0.4) is 0 Å². The molecule has 0 bridgehead atoms. The predicted octanol–water partition coefficient (Wildman–Crippen LogP) is 0.844. The van der Waals surface area contributed by atoms with E-state index >= 15 is 0 Å². The van der Waals surface area contributed by atoms with Gasteiger partial charge in [-0.3, -0.25) is 0 Å². The van der Waals surface area contributed by atoms with Gasteiger partial charge in [-0.15, -0.1) is 0 Å². The van der Waals surface area contributed by atoms with E-state index in [2.05, 4.69) is 8.75 Å². The molecule has 1 aromatic heterocycles. The molecule has 0 spiro atoms. The zero-order valence-electron chi connectivity index (χ0n) is 4.38. The van der Waals surface area contributed by atoms with Gasteiger partial charge in [-0.2, -0.15) is 8.75 Å². The fourth-order valence-electron chi connectivity index (χ4n) is 0.369. The molecule has 0 aliphatic heterocycles. The third-order valence-electron chi connectivity index (χ3n) is 0.824. The normalized spacial score (nSPS) is 9.12. The molecule has 1 N–H and O–H groups in total. The van der Waals surface area contributed by atoms with Crippen molar-refractivity contribution in [1.29, 1.82) is 5.41 Å². The maximum atomic E-state index is 6.78. The van der Waals surface area contributed by atoms with Crippen LogP contribution >= 0.6 is 11.7 Å². The van der Waals surface area contributed by atoms with Crippen LogP contribution in [0.15, 0.2) is 0 Å². The second kappa shape index (κ2) is 2.00. The second-order valence-corrected chi connectivity index (χ2v) is 1.91. The van der Waals surface area contributed by atoms with Crippen LogP contribution in [0.5, 0.6) is 0 Å². The van der Waals surface area contributed by atoms with Crippen LogP contribution in [-0.4, -0.2) is 15.0 Å². The molecule has 3 nitrogen and oxygen atoms in total. The van der Waals surface area contributed by atoms with Crippen molar-refractivity contribution in [3.63, 3.8) is 0 Å². The van der Waals surface area contributed by atoms with E-state index in [9.17, 15) is 0 Å². The smallest absolute Gasteiger partial charge is 0.117 e. The van der Waals surface area contributed by atoms with Gasteiger partial charge in [-0.1, -0.05) is 0 Å². The minimum atomic E-state index is 0.676. The third kappa shape index (κ3) is 0.742. The Morgan fingerprint density at radius 1 is 1.62 bits per heavy atom. The van der Waals surface area contributed by atoms with Gasteiger partial charge in [-0.05, 0) is 6.92 Å². The molecule has 0 saturated carbocycles. The van der Waals surface area contributed by atoms with Gasteiger partial charge in [0, 0.05) is 6.21 Å². The third-order valence-corrected chi connectivity index (χ3v) is 1.46. The summed E-state index contributed by atoms with van der Waals surface area (Å²) in [6.45, 7) is 1.84. The zero-order valence-corrected chi connectivity index (χ0v) is 5.20. The van der Waals surface area contributed by atoms with Crippen LogP contribution in [0.4, 0.5) is 0 Å². The molecule has 0 aliphatic carbocycles. The quantitative estimate of drug-likeness (QED) is 0.568. The highest BCUT2D eigenvalue weighted by Gasteiger charge is 1.95. The van der Waals surface area contributed by atoms with Crippen molar-refractivity contribution in [2.45, 2.75) is 6.92 Å². The fraction of sp³-hybridized carbons (Fsp3) is 0.250. The van der Waals surface area contributed by atoms with Crippen molar-refractivity contribution in [2.75, 3.05) is 0 Å². The summed E-state index contributed by atoms with van der Waals surface area (Å²) >= 11 is 1.14. The molecule has 0 saturated heterocycles. The standard InChI is InChI=1S/C4H5N3S/c1-3-4(2-5)7-8-6-3/h2,5H,1H3. The van der Waals surface area contributed by atoms with Crippen molar-refractivity contribution >= 4 is 17.9 Å². The number of hydrogen-bond donors (Lipinski definition) is 1. The molecule has 0 fully saturated rings. The summed E-state index contributed by atoms with van der Waals surface area (Å²) in [6, 6.07) is 0. The van der Waals surface area contributed by atoms with E-state index in [-0.39, 0.29) is 0 Å². The summed E-state index contributed by atoms with van der Waals surface area (Å²) in [5.74, 6) is 0. The number of aromatic nitrogens is 2. The van der Waals surface area contributed by atoms with Crippen molar-refractivity contribution < 1.29 is 0 Å². The van der Waals surface area contributed by atoms with E-state index in [1.807, 2.05) is 6.92 Å². The van der Waals surface area contributed by atoms with Crippen LogP contribution in [0, 0.1) is 12.3 Å². The Morgan fingerprint density at radius 2 is 2.38 bits per heavy atom. The minimum Gasteiger partial charge on any atom is -0.306 e. The maximum absolute atomic E-state index is 6.78. The highest BCUT2D eigenvalue weighted by atomic mass is 32.1. The maximum Gasteiger partial charge on any atom is 0.117 e. The molecule has 0 amide bonds. The van der Waals surface area contributed by atoms with Crippen LogP contribution in [0.1, 0.15) is 11.4 Å². The van der Waals surface area contributed by atoms with Crippen LogP contribution in [-0.2, 0) is 0 Å². The number of nitrogens with zero attached hydrogens (tertiary/aromatic N) is 2. The fourth-order valence-corrected chi connectivity index (χ4v) is 0.899. The summed E-state index contributed by atoms with van der Waals surface area (Å²) in [5.41, 5.74) is 1.51. The molecule has 42 valence electrons. The molecular weight excluding hydrogens is 122 g/mol. The Labute approximate surface area is 51.2 Å². The summed E-state index contributed by atoms with van der Waals surface area (Å²) in [6.07, 6.45) is 1.21. The van der Waals surface area contributed by atoms with E-state index < -0.39 is 0 Å². The first-order valence-electron chi connectivity index (χ1n) is 2.14. The predicted molar refractivity (Wildman–Crippen MR) is 32.5 cm³/mol. The van der Waals surface area contributed by atoms with Gasteiger partial charge in [-0.25, -0.2) is 0 Å². The molecule has 0 radical (unpaired) electrons. The zero-order chi connectivity index (χ0) is 5.98. The van der Waals surface area contributed by atoms with Gasteiger partial charge in [0.1, 0.15) is 5.69 Å². The Hall–Kier alpha value is -0.770. The average Bonchev–Trinajstić information content (AvgIpc) is 2.14. The lowest BCUT2D eigenvalue weighted by atomic mass is 10.4. The van der Waals surface area contributed by atoms with Crippen molar-refractivity contribution in [1.82, 2.24) is 8.75 Å². The highest BCUT2D eigenvalue weighted by Crippen LogP contribution is 1.98. The van der Waals surface area contributed by atoms with Gasteiger partial charge in [0.2, 0.25) is 0 Å². The van der Waals surface area contributed by atoms with Crippen LogP contribution in [0.25, 0.3) is 0 Å². The summed E-state index contributed by atoms with van der Waals surface area (Å²) < 4.78 is 7.69. The molecular formula is C4H5N3S. The van der Waals surface area contributed by atoms with Crippen molar-refractivity contribution in [3.8, 4) is 0 Å². The van der Waals surface area contributed by atoms with Crippen molar-refractivity contribution in [2.24, 2.45) is 0 Å². The molecule has 8 heavy (non-hydrogen) atoms. The van der Waals surface area contributed by atoms with Gasteiger partial charge in [0.25, 0.3) is 0 Å². The van der Waals surface area contributed by atoms with E-state index in [0.29, 0.717) is 5.69 Å². The summed E-state index contributed by atoms with van der Waals surface area (Å²) in [5, 5.41) is 6.78. The van der Waals surface area contributed by atoms with Crippen LogP contribution < -0.4 is 0 Å². The highest BCUT2D eigenvalue weighted by molar-refractivity contribution is 6.99. The first-order chi connectivity index (χ1) is 3.84. The SMILES string of the molecule is Cc1nsnc1C=N. The topological polar surface area (TPSA) is 49.6 Å². The Morgan fingerprint density at radius 3 is 2.62 bits per heavy atom. The van der Waals surface area contributed by atoms with E-state index in [0.717, 1.165) is 17.4 Å². The largest absolute Gasteiger partial charge is 0.306 e. The Kier molecular flexibility index (Phi) is 1.34. The molecule has 0 aliphatic rings. The molecule has 1 aromatic rings. The summed E-state index contributed by atoms with van der Waals surface area (Å²) in [4.78, 5) is 0. The lowest BCUT2D eigenvalue weighted by molar-refractivity contribution is 1.30. The molecule has 1 heterocycles. The average molecular weight is 127 g/mol.